The van der Waals surface area contributed by atoms with Crippen LogP contribution in [0.4, 0.5) is 8.78 Å². The second kappa shape index (κ2) is 8.19. The Bertz CT molecular complexity index is 563. The number of benzene rings is 1. The Morgan fingerprint density at radius 1 is 1.43 bits per heavy atom. The molecule has 1 aromatic rings. The number of nitrogens with zero attached hydrogens (tertiary/aromatic N) is 3. The summed E-state index contributed by atoms with van der Waals surface area (Å²) >= 11 is 0. The smallest absolute Gasteiger partial charge is 0.181 e. The van der Waals surface area contributed by atoms with Gasteiger partial charge in [0.1, 0.15) is 17.7 Å². The van der Waals surface area contributed by atoms with E-state index in [9.17, 15) is 13.9 Å². The number of hydrogen-bond acceptors (Lipinski definition) is 5. The van der Waals surface area contributed by atoms with Gasteiger partial charge in [0, 0.05) is 24.5 Å². The summed E-state index contributed by atoms with van der Waals surface area (Å²) in [6, 6.07) is 2.39. The Balaban J connectivity index is 1.91. The number of azide groups is 1. The van der Waals surface area contributed by atoms with Gasteiger partial charge >= 0.3 is 0 Å². The predicted molar refractivity (Wildman–Crippen MR) is 75.2 cm³/mol. The molecule has 4 atom stereocenters. The summed E-state index contributed by atoms with van der Waals surface area (Å²) in [6.45, 7) is -0.0644. The molecule has 23 heavy (non-hydrogen) atoms. The van der Waals surface area contributed by atoms with Gasteiger partial charge in [-0.1, -0.05) is 5.11 Å². The van der Waals surface area contributed by atoms with Gasteiger partial charge in [-0.2, -0.15) is 0 Å². The molecule has 1 aliphatic rings. The Morgan fingerprint density at radius 3 is 2.70 bits per heavy atom. The minimum Gasteiger partial charge on any atom is -0.376 e. The molecule has 9 heteroatoms. The minimum absolute atomic E-state index is 0.0178. The first-order valence-electron chi connectivity index (χ1n) is 6.96. The molecule has 2 rings (SSSR count). The molecule has 1 N–H and O–H groups in total. The van der Waals surface area contributed by atoms with E-state index in [1.165, 1.54) is 7.11 Å². The Hall–Kier alpha value is -1.77. The molecule has 0 radical (unpaired) electrons. The molecule has 0 aromatic heterocycles. The van der Waals surface area contributed by atoms with Crippen LogP contribution >= 0.6 is 0 Å². The van der Waals surface area contributed by atoms with E-state index in [0.29, 0.717) is 12.0 Å². The summed E-state index contributed by atoms with van der Waals surface area (Å²) in [4.78, 5) is 2.73. The van der Waals surface area contributed by atoms with Crippen molar-refractivity contribution in [3.05, 3.63) is 45.8 Å². The molecule has 126 valence electrons. The number of ether oxygens (including phenoxy) is 3. The van der Waals surface area contributed by atoms with Gasteiger partial charge in [0.05, 0.1) is 25.4 Å². The van der Waals surface area contributed by atoms with Crippen molar-refractivity contribution < 1.29 is 28.1 Å². The molecule has 7 nitrogen and oxygen atoms in total. The van der Waals surface area contributed by atoms with Crippen LogP contribution in [0, 0.1) is 11.6 Å². The highest BCUT2D eigenvalue weighted by molar-refractivity contribution is 5.16. The highest BCUT2D eigenvalue weighted by atomic mass is 19.1. The molecule has 0 saturated carbocycles. The van der Waals surface area contributed by atoms with E-state index in [4.69, 9.17) is 19.7 Å². The van der Waals surface area contributed by atoms with Gasteiger partial charge in [-0.25, -0.2) is 8.78 Å². The second-order valence-corrected chi connectivity index (χ2v) is 5.14. The topological polar surface area (TPSA) is 96.7 Å². The van der Waals surface area contributed by atoms with Gasteiger partial charge < -0.3 is 19.3 Å². The molecule has 1 aliphatic heterocycles. The average Bonchev–Trinajstić information content (AvgIpc) is 2.86. The van der Waals surface area contributed by atoms with Crippen LogP contribution in [0.2, 0.25) is 0 Å². The number of aliphatic hydroxyl groups excluding tert-OH is 1. The van der Waals surface area contributed by atoms with Crippen molar-refractivity contribution in [3.63, 3.8) is 0 Å². The first-order valence-corrected chi connectivity index (χ1v) is 6.96. The van der Waals surface area contributed by atoms with Crippen LogP contribution in [0.15, 0.2) is 23.3 Å². The van der Waals surface area contributed by atoms with Crippen molar-refractivity contribution in [3.8, 4) is 0 Å². The molecule has 1 unspecified atom stereocenters. The molecular formula is C14H17F2N3O4. The van der Waals surface area contributed by atoms with Crippen molar-refractivity contribution >= 4 is 0 Å². The summed E-state index contributed by atoms with van der Waals surface area (Å²) in [7, 11) is 1.44. The molecule has 0 spiro atoms. The third-order valence-electron chi connectivity index (χ3n) is 3.51. The summed E-state index contributed by atoms with van der Waals surface area (Å²) in [5, 5.41) is 13.2. The van der Waals surface area contributed by atoms with Crippen molar-refractivity contribution in [2.75, 3.05) is 13.7 Å². The molecule has 1 fully saturated rings. The molecule has 1 heterocycles. The van der Waals surface area contributed by atoms with Gasteiger partial charge in [-0.15, -0.1) is 0 Å². The van der Waals surface area contributed by atoms with Gasteiger partial charge in [0.25, 0.3) is 0 Å². The van der Waals surface area contributed by atoms with Gasteiger partial charge in [-0.3, -0.25) is 0 Å². The van der Waals surface area contributed by atoms with Crippen molar-refractivity contribution in [1.29, 1.82) is 0 Å². The first kappa shape index (κ1) is 17.6. The number of halogens is 2. The fourth-order valence-corrected chi connectivity index (χ4v) is 2.40. The number of hydrogen-bond donors (Lipinski definition) is 1. The van der Waals surface area contributed by atoms with Crippen molar-refractivity contribution in [1.82, 2.24) is 0 Å². The van der Waals surface area contributed by atoms with Crippen LogP contribution < -0.4 is 0 Å². The van der Waals surface area contributed by atoms with Crippen LogP contribution in [0.3, 0.4) is 0 Å². The van der Waals surface area contributed by atoms with E-state index >= 15 is 0 Å². The van der Waals surface area contributed by atoms with E-state index in [2.05, 4.69) is 10.0 Å². The lowest BCUT2D eigenvalue weighted by Crippen LogP contribution is -2.29. The molecular weight excluding hydrogens is 312 g/mol. The third-order valence-corrected chi connectivity index (χ3v) is 3.51. The van der Waals surface area contributed by atoms with Crippen LogP contribution in [-0.2, 0) is 20.8 Å². The van der Waals surface area contributed by atoms with Crippen LogP contribution in [0.1, 0.15) is 12.0 Å². The fraction of sp³-hybridized carbons (Fsp3) is 0.571. The standard InChI is InChI=1S/C14H17F2N3O4/c1-21-13-5-12(23-14(13)20)11(18-19-17)7-22-6-8-2-9(15)4-10(16)3-8/h2-4,11-14,20H,5-7H2,1H3/t11-,12-,13+,14?/m0/s1. The number of methoxy groups -OCH3 is 1. The van der Waals surface area contributed by atoms with Crippen molar-refractivity contribution in [2.45, 2.75) is 37.6 Å². The SMILES string of the molecule is CO[C@@H]1C[C@@H]([C@H](COCc2cc(F)cc(F)c2)N=[N+]=[N-])OC1O. The first-order chi connectivity index (χ1) is 11.0. The van der Waals surface area contributed by atoms with Gasteiger partial charge in [0.15, 0.2) is 6.29 Å². The fourth-order valence-electron chi connectivity index (χ4n) is 2.40. The number of aliphatic hydroxyl groups is 1. The second-order valence-electron chi connectivity index (χ2n) is 5.14. The summed E-state index contributed by atoms with van der Waals surface area (Å²) < 4.78 is 41.9. The van der Waals surface area contributed by atoms with Crippen LogP contribution in [0.5, 0.6) is 0 Å². The minimum atomic E-state index is -1.10. The quantitative estimate of drug-likeness (QED) is 0.471. The third kappa shape index (κ3) is 4.85. The molecule has 1 aromatic carbocycles. The van der Waals surface area contributed by atoms with E-state index in [1.54, 1.807) is 0 Å². The lowest BCUT2D eigenvalue weighted by molar-refractivity contribution is -0.139. The maximum absolute atomic E-state index is 13.1. The van der Waals surface area contributed by atoms with Crippen LogP contribution in [0.25, 0.3) is 10.4 Å². The lowest BCUT2D eigenvalue weighted by Gasteiger charge is -2.18. The van der Waals surface area contributed by atoms with E-state index in [-0.39, 0.29) is 13.2 Å². The zero-order chi connectivity index (χ0) is 16.8. The Labute approximate surface area is 131 Å². The largest absolute Gasteiger partial charge is 0.376 e. The van der Waals surface area contributed by atoms with Crippen LogP contribution in [-0.4, -0.2) is 43.4 Å². The van der Waals surface area contributed by atoms with Crippen molar-refractivity contribution in [2.24, 2.45) is 5.11 Å². The summed E-state index contributed by atoms with van der Waals surface area (Å²) in [5.74, 6) is -1.39. The monoisotopic (exact) mass is 329 g/mol. The summed E-state index contributed by atoms with van der Waals surface area (Å²) in [6.07, 6.45) is -1.82. The Kier molecular flexibility index (Phi) is 6.26. The van der Waals surface area contributed by atoms with Gasteiger partial charge in [-0.05, 0) is 23.2 Å². The van der Waals surface area contributed by atoms with Gasteiger partial charge in [0.2, 0.25) is 0 Å². The summed E-state index contributed by atoms with van der Waals surface area (Å²) in [5.41, 5.74) is 8.95. The molecule has 0 aliphatic carbocycles. The maximum atomic E-state index is 13.1. The molecule has 0 bridgehead atoms. The number of rotatable bonds is 7. The predicted octanol–water partition coefficient (Wildman–Crippen LogP) is 2.28. The highest BCUT2D eigenvalue weighted by Gasteiger charge is 2.38. The van der Waals surface area contributed by atoms with E-state index < -0.39 is 36.2 Å². The highest BCUT2D eigenvalue weighted by Crippen LogP contribution is 2.25. The van der Waals surface area contributed by atoms with E-state index in [1.807, 2.05) is 0 Å². The lowest BCUT2D eigenvalue weighted by atomic mass is 10.1. The average molecular weight is 329 g/mol. The van der Waals surface area contributed by atoms with E-state index in [0.717, 1.165) is 18.2 Å². The zero-order valence-electron chi connectivity index (χ0n) is 12.4. The Morgan fingerprint density at radius 2 is 2.13 bits per heavy atom. The maximum Gasteiger partial charge on any atom is 0.181 e. The molecule has 0 amide bonds. The molecule has 1 saturated heterocycles. The normalized spacial score (nSPS) is 25.1. The zero-order valence-corrected chi connectivity index (χ0v) is 12.4.